The Hall–Kier alpha value is -3.30. The normalized spacial score (nSPS) is 15.6. The summed E-state index contributed by atoms with van der Waals surface area (Å²) < 4.78 is 12.4. The Morgan fingerprint density at radius 1 is 1.26 bits per heavy atom. The van der Waals surface area contributed by atoms with E-state index >= 15 is 0 Å². The van der Waals surface area contributed by atoms with Crippen LogP contribution >= 0.6 is 23.1 Å². The molecule has 1 aliphatic rings. The van der Waals surface area contributed by atoms with E-state index in [4.69, 9.17) is 9.47 Å². The molecule has 0 radical (unpaired) electrons. The van der Waals surface area contributed by atoms with Crippen molar-refractivity contribution in [3.63, 3.8) is 0 Å². The summed E-state index contributed by atoms with van der Waals surface area (Å²) in [5.74, 6) is -0.157. The second-order valence-electron chi connectivity index (χ2n) is 7.51. The number of aromatic hydroxyl groups is 1. The lowest BCUT2D eigenvalue weighted by Crippen LogP contribution is -2.39. The van der Waals surface area contributed by atoms with E-state index in [-0.39, 0.29) is 17.9 Å². The van der Waals surface area contributed by atoms with Crippen LogP contribution in [0.2, 0.25) is 0 Å². The molecular weight excluding hydrogens is 472 g/mol. The van der Waals surface area contributed by atoms with Crippen LogP contribution in [0.3, 0.4) is 0 Å². The molecule has 0 fully saturated rings. The van der Waals surface area contributed by atoms with Crippen LogP contribution < -0.4 is 19.6 Å². The van der Waals surface area contributed by atoms with Crippen LogP contribution in [0.5, 0.6) is 11.5 Å². The van der Waals surface area contributed by atoms with E-state index in [1.807, 2.05) is 30.5 Å². The van der Waals surface area contributed by atoms with Crippen molar-refractivity contribution >= 4 is 35.1 Å². The number of allylic oxidation sites excluding steroid dienone is 1. The SMILES string of the molecule is CCOC(=O)C1=C(C)N=c2s/c(=C\c3ccc(OC)c(O)c3)c(=O)n2[C@@H]1c1ccc(SC)cc1. The van der Waals surface area contributed by atoms with Gasteiger partial charge in [-0.15, -0.1) is 11.8 Å². The third kappa shape index (κ3) is 4.41. The first kappa shape index (κ1) is 23.8. The lowest BCUT2D eigenvalue weighted by Gasteiger charge is -2.24. The van der Waals surface area contributed by atoms with Gasteiger partial charge in [-0.25, -0.2) is 9.79 Å². The van der Waals surface area contributed by atoms with Crippen molar-refractivity contribution in [2.24, 2.45) is 4.99 Å². The number of hydrogen-bond donors (Lipinski definition) is 1. The fourth-order valence-electron chi connectivity index (χ4n) is 3.84. The van der Waals surface area contributed by atoms with E-state index in [0.717, 1.165) is 10.5 Å². The minimum atomic E-state index is -0.655. The van der Waals surface area contributed by atoms with E-state index < -0.39 is 12.0 Å². The maximum atomic E-state index is 13.6. The summed E-state index contributed by atoms with van der Waals surface area (Å²) in [6, 6.07) is 12.0. The quantitative estimate of drug-likeness (QED) is 0.416. The average Bonchev–Trinajstić information content (AvgIpc) is 3.12. The Morgan fingerprint density at radius 3 is 2.62 bits per heavy atom. The predicted molar refractivity (Wildman–Crippen MR) is 133 cm³/mol. The number of phenolic OH excluding ortho intramolecular Hbond substituents is 1. The summed E-state index contributed by atoms with van der Waals surface area (Å²) >= 11 is 2.85. The number of thioether (sulfide) groups is 1. The van der Waals surface area contributed by atoms with Gasteiger partial charge in [-0.05, 0) is 61.6 Å². The summed E-state index contributed by atoms with van der Waals surface area (Å²) in [6.45, 7) is 3.73. The standard InChI is InChI=1S/C25H24N2O5S2/c1-5-32-24(30)21-14(2)26-25-27(22(21)16-7-9-17(33-4)10-8-16)23(29)20(34-25)13-15-6-11-19(31-3)18(28)12-15/h6-13,22,28H,5H2,1-4H3/b20-13-/t22-/m1/s1. The number of benzene rings is 2. The molecule has 1 aromatic heterocycles. The van der Waals surface area contributed by atoms with Crippen molar-refractivity contribution in [2.45, 2.75) is 24.8 Å². The number of fused-ring (bicyclic) bond motifs is 1. The molecule has 0 unspecified atom stereocenters. The highest BCUT2D eigenvalue weighted by Gasteiger charge is 2.33. The average molecular weight is 497 g/mol. The number of aromatic nitrogens is 1. The highest BCUT2D eigenvalue weighted by molar-refractivity contribution is 7.98. The monoisotopic (exact) mass is 496 g/mol. The Labute approximate surface area is 204 Å². The summed E-state index contributed by atoms with van der Waals surface area (Å²) in [5.41, 5.74) is 2.04. The van der Waals surface area contributed by atoms with E-state index in [1.165, 1.54) is 24.5 Å². The van der Waals surface area contributed by atoms with E-state index in [9.17, 15) is 14.7 Å². The molecule has 2 heterocycles. The zero-order chi connectivity index (χ0) is 24.4. The fraction of sp³-hybridized carbons (Fsp3) is 0.240. The van der Waals surface area contributed by atoms with Crippen molar-refractivity contribution in [1.82, 2.24) is 4.57 Å². The second-order valence-corrected chi connectivity index (χ2v) is 9.40. The van der Waals surface area contributed by atoms with Crippen molar-refractivity contribution in [2.75, 3.05) is 20.0 Å². The fourth-order valence-corrected chi connectivity index (χ4v) is 5.30. The number of thiazole rings is 1. The molecule has 1 aliphatic heterocycles. The number of methoxy groups -OCH3 is 1. The van der Waals surface area contributed by atoms with Crippen LogP contribution in [0.25, 0.3) is 6.08 Å². The third-order valence-corrected chi connectivity index (χ3v) is 7.18. The van der Waals surface area contributed by atoms with Gasteiger partial charge >= 0.3 is 5.97 Å². The summed E-state index contributed by atoms with van der Waals surface area (Å²) in [6.07, 6.45) is 3.68. The second kappa shape index (κ2) is 9.90. The van der Waals surface area contributed by atoms with Crippen LogP contribution in [-0.2, 0) is 9.53 Å². The van der Waals surface area contributed by atoms with Gasteiger partial charge in [0.15, 0.2) is 16.3 Å². The number of hydrogen-bond acceptors (Lipinski definition) is 8. The van der Waals surface area contributed by atoms with Gasteiger partial charge in [0.2, 0.25) is 0 Å². The van der Waals surface area contributed by atoms with Gasteiger partial charge in [-0.3, -0.25) is 9.36 Å². The Morgan fingerprint density at radius 2 is 2.00 bits per heavy atom. The minimum absolute atomic E-state index is 0.0174. The number of nitrogens with zero attached hydrogens (tertiary/aromatic N) is 2. The first-order chi connectivity index (χ1) is 16.4. The third-order valence-electron chi connectivity index (χ3n) is 5.45. The Balaban J connectivity index is 1.92. The summed E-state index contributed by atoms with van der Waals surface area (Å²) in [5, 5.41) is 10.1. The molecule has 1 atom stereocenters. The molecule has 0 amide bonds. The molecule has 34 heavy (non-hydrogen) atoms. The van der Waals surface area contributed by atoms with Gasteiger partial charge in [0.05, 0.1) is 35.6 Å². The van der Waals surface area contributed by atoms with Gasteiger partial charge in [0.1, 0.15) is 0 Å². The number of phenols is 1. The van der Waals surface area contributed by atoms with E-state index in [2.05, 4.69) is 4.99 Å². The summed E-state index contributed by atoms with van der Waals surface area (Å²) in [4.78, 5) is 32.7. The molecular formula is C25H24N2O5S2. The number of ether oxygens (including phenoxy) is 2. The van der Waals surface area contributed by atoms with Gasteiger partial charge in [0.25, 0.3) is 5.56 Å². The first-order valence-corrected chi connectivity index (χ1v) is 12.6. The molecule has 0 bridgehead atoms. The number of esters is 1. The highest BCUT2D eigenvalue weighted by atomic mass is 32.2. The molecule has 0 saturated carbocycles. The van der Waals surface area contributed by atoms with Crippen molar-refractivity contribution < 1.29 is 19.4 Å². The smallest absolute Gasteiger partial charge is 0.338 e. The van der Waals surface area contributed by atoms with Gasteiger partial charge < -0.3 is 14.6 Å². The molecule has 2 aromatic carbocycles. The zero-order valence-corrected chi connectivity index (χ0v) is 20.8. The van der Waals surface area contributed by atoms with Gasteiger partial charge in [0, 0.05) is 4.90 Å². The molecule has 176 valence electrons. The van der Waals surface area contributed by atoms with Crippen molar-refractivity contribution in [3.8, 4) is 11.5 Å². The number of rotatable bonds is 6. The molecule has 9 heteroatoms. The zero-order valence-electron chi connectivity index (χ0n) is 19.2. The van der Waals surface area contributed by atoms with E-state index in [1.54, 1.807) is 48.4 Å². The Kier molecular flexibility index (Phi) is 6.95. The van der Waals surface area contributed by atoms with Crippen molar-refractivity contribution in [1.29, 1.82) is 0 Å². The molecule has 0 saturated heterocycles. The maximum Gasteiger partial charge on any atom is 0.338 e. The molecule has 7 nitrogen and oxygen atoms in total. The molecule has 1 N–H and O–H groups in total. The van der Waals surface area contributed by atoms with Crippen LogP contribution in [-0.4, -0.2) is 35.6 Å². The van der Waals surface area contributed by atoms with Crippen LogP contribution in [0.1, 0.15) is 31.0 Å². The predicted octanol–water partition coefficient (Wildman–Crippen LogP) is 3.23. The maximum absolute atomic E-state index is 13.6. The number of carbonyl (C=O) groups excluding carboxylic acids is 1. The largest absolute Gasteiger partial charge is 0.504 e. The van der Waals surface area contributed by atoms with Gasteiger partial charge in [-0.1, -0.05) is 29.5 Å². The molecule has 3 aromatic rings. The van der Waals surface area contributed by atoms with Crippen LogP contribution in [0, 0.1) is 0 Å². The van der Waals surface area contributed by atoms with Crippen LogP contribution in [0.15, 0.2) is 68.4 Å². The van der Waals surface area contributed by atoms with Gasteiger partial charge in [-0.2, -0.15) is 0 Å². The lowest BCUT2D eigenvalue weighted by molar-refractivity contribution is -0.139. The van der Waals surface area contributed by atoms with Crippen LogP contribution in [0.4, 0.5) is 0 Å². The topological polar surface area (TPSA) is 90.1 Å². The Bertz CT molecular complexity index is 1450. The van der Waals surface area contributed by atoms with Crippen molar-refractivity contribution in [3.05, 3.63) is 84.5 Å². The summed E-state index contributed by atoms with van der Waals surface area (Å²) in [7, 11) is 1.47. The van der Waals surface area contributed by atoms with E-state index in [0.29, 0.717) is 31.9 Å². The molecule has 0 aliphatic carbocycles. The molecule has 0 spiro atoms. The highest BCUT2D eigenvalue weighted by Crippen LogP contribution is 2.32. The number of carbonyl (C=O) groups is 1. The molecule has 4 rings (SSSR count). The first-order valence-electron chi connectivity index (χ1n) is 10.6. The minimum Gasteiger partial charge on any atom is -0.504 e. The lowest BCUT2D eigenvalue weighted by atomic mass is 9.96.